The molecule has 0 aromatic heterocycles. The number of carboxylic acids is 1. The van der Waals surface area contributed by atoms with Gasteiger partial charge in [0.15, 0.2) is 6.29 Å². The summed E-state index contributed by atoms with van der Waals surface area (Å²) in [6, 6.07) is 11.5. The van der Waals surface area contributed by atoms with Gasteiger partial charge in [0.1, 0.15) is 11.8 Å². The number of ether oxygens (including phenoxy) is 1. The smallest absolute Gasteiger partial charge is 0.337 e. The molecule has 0 bridgehead atoms. The Morgan fingerprint density at radius 3 is 2.64 bits per heavy atom. The highest BCUT2D eigenvalue weighted by Crippen LogP contribution is 2.35. The van der Waals surface area contributed by atoms with Crippen molar-refractivity contribution >= 4 is 12.3 Å². The second-order valence-electron chi connectivity index (χ2n) is 4.42. The van der Waals surface area contributed by atoms with Gasteiger partial charge in [0.2, 0.25) is 0 Å². The molecule has 110 valence electrons. The molecule has 0 fully saturated rings. The van der Waals surface area contributed by atoms with Crippen LogP contribution >= 0.6 is 0 Å². The van der Waals surface area contributed by atoms with Crippen LogP contribution in [0.4, 0.5) is 0 Å². The van der Waals surface area contributed by atoms with Gasteiger partial charge in [-0.25, -0.2) is 4.79 Å². The summed E-state index contributed by atoms with van der Waals surface area (Å²) in [4.78, 5) is 22.6. The number of rotatable bonds is 5. The number of aldehydes is 1. The molecule has 0 spiro atoms. The summed E-state index contributed by atoms with van der Waals surface area (Å²) in [5.74, 6) is -0.726. The lowest BCUT2D eigenvalue weighted by molar-refractivity contribution is 0.0696. The number of hydrogen-bond donors (Lipinski definition) is 1. The van der Waals surface area contributed by atoms with Gasteiger partial charge in [-0.15, -0.1) is 0 Å². The number of carboxylic acid groups (broad SMARTS) is 1. The number of hydrogen-bond acceptors (Lipinski definition) is 4. The number of carbonyl (C=O) groups excluding carboxylic acids is 1. The summed E-state index contributed by atoms with van der Waals surface area (Å²) in [5.41, 5.74) is 0.847. The molecule has 0 atom stereocenters. The van der Waals surface area contributed by atoms with E-state index in [4.69, 9.17) is 4.74 Å². The van der Waals surface area contributed by atoms with Crippen LogP contribution in [0.3, 0.4) is 0 Å². The molecule has 22 heavy (non-hydrogen) atoms. The van der Waals surface area contributed by atoms with Gasteiger partial charge in [0.25, 0.3) is 0 Å². The van der Waals surface area contributed by atoms with Gasteiger partial charge in [-0.1, -0.05) is 24.3 Å². The Morgan fingerprint density at radius 1 is 1.32 bits per heavy atom. The number of nitriles is 1. The van der Waals surface area contributed by atoms with Gasteiger partial charge in [-0.05, 0) is 19.1 Å². The molecule has 2 aromatic rings. The highest BCUT2D eigenvalue weighted by molar-refractivity contribution is 5.99. The van der Waals surface area contributed by atoms with Crippen LogP contribution < -0.4 is 4.74 Å². The first-order chi connectivity index (χ1) is 10.6. The molecule has 5 nitrogen and oxygen atoms in total. The minimum absolute atomic E-state index is 0.0516. The Kier molecular flexibility index (Phi) is 4.54. The fourth-order valence-electron chi connectivity index (χ4n) is 2.26. The summed E-state index contributed by atoms with van der Waals surface area (Å²) in [5, 5.41) is 18.6. The molecule has 5 heteroatoms. The van der Waals surface area contributed by atoms with E-state index < -0.39 is 5.97 Å². The Balaban J connectivity index is 2.84. The molecule has 2 aromatic carbocycles. The largest absolute Gasteiger partial charge is 0.493 e. The van der Waals surface area contributed by atoms with E-state index in [1.54, 1.807) is 24.3 Å². The zero-order valence-electron chi connectivity index (χ0n) is 11.9. The van der Waals surface area contributed by atoms with Crippen LogP contribution in [0, 0.1) is 11.3 Å². The number of nitrogens with zero attached hydrogens (tertiary/aromatic N) is 1. The van der Waals surface area contributed by atoms with Crippen molar-refractivity contribution < 1.29 is 19.4 Å². The molecule has 0 amide bonds. The SMILES string of the molecule is CCOc1ccccc1-c1c(C=O)ccc(C(=O)O)c1C#N. The summed E-state index contributed by atoms with van der Waals surface area (Å²) in [7, 11) is 0. The van der Waals surface area contributed by atoms with Crippen LogP contribution in [0.2, 0.25) is 0 Å². The third-order valence-electron chi connectivity index (χ3n) is 3.16. The number of aromatic carboxylic acids is 1. The topological polar surface area (TPSA) is 87.4 Å². The van der Waals surface area contributed by atoms with Crippen molar-refractivity contribution in [1.29, 1.82) is 5.26 Å². The Bertz CT molecular complexity index is 775. The first-order valence-electron chi connectivity index (χ1n) is 6.61. The number of para-hydroxylation sites is 1. The van der Waals surface area contributed by atoms with E-state index in [2.05, 4.69) is 0 Å². The summed E-state index contributed by atoms with van der Waals surface area (Å²) in [6.45, 7) is 2.23. The molecule has 0 saturated carbocycles. The number of benzene rings is 2. The lowest BCUT2D eigenvalue weighted by Crippen LogP contribution is -2.05. The van der Waals surface area contributed by atoms with E-state index >= 15 is 0 Å². The molecule has 0 saturated heterocycles. The maximum absolute atomic E-state index is 11.3. The lowest BCUT2D eigenvalue weighted by atomic mass is 9.91. The van der Waals surface area contributed by atoms with Crippen molar-refractivity contribution in [3.63, 3.8) is 0 Å². The zero-order chi connectivity index (χ0) is 16.1. The Hall–Kier alpha value is -3.13. The molecule has 0 aliphatic heterocycles. The zero-order valence-corrected chi connectivity index (χ0v) is 11.9. The maximum atomic E-state index is 11.3. The number of carbonyl (C=O) groups is 2. The molecule has 0 aliphatic carbocycles. The average molecular weight is 295 g/mol. The molecule has 2 rings (SSSR count). The Morgan fingerprint density at radius 2 is 2.05 bits per heavy atom. The fourth-order valence-corrected chi connectivity index (χ4v) is 2.26. The van der Waals surface area contributed by atoms with Gasteiger partial charge in [0, 0.05) is 16.7 Å². The molecule has 1 N–H and O–H groups in total. The van der Waals surface area contributed by atoms with E-state index in [0.29, 0.717) is 24.2 Å². The second-order valence-corrected chi connectivity index (χ2v) is 4.42. The van der Waals surface area contributed by atoms with E-state index in [1.165, 1.54) is 12.1 Å². The standard InChI is InChI=1S/C17H13NO4/c1-2-22-15-6-4-3-5-13(15)16-11(10-19)7-8-12(17(20)21)14(16)9-18/h3-8,10H,2H2,1H3,(H,20,21). The van der Waals surface area contributed by atoms with Crippen molar-refractivity contribution in [3.8, 4) is 22.9 Å². The van der Waals surface area contributed by atoms with Crippen LogP contribution in [-0.4, -0.2) is 24.0 Å². The molecular formula is C17H13NO4. The third-order valence-corrected chi connectivity index (χ3v) is 3.16. The van der Waals surface area contributed by atoms with E-state index in [-0.39, 0.29) is 22.3 Å². The maximum Gasteiger partial charge on any atom is 0.337 e. The quantitative estimate of drug-likeness (QED) is 0.856. The predicted octanol–water partition coefficient (Wildman–Crippen LogP) is 3.13. The van der Waals surface area contributed by atoms with Gasteiger partial charge < -0.3 is 9.84 Å². The highest BCUT2D eigenvalue weighted by atomic mass is 16.5. The molecule has 0 heterocycles. The van der Waals surface area contributed by atoms with Crippen LogP contribution in [-0.2, 0) is 0 Å². The van der Waals surface area contributed by atoms with E-state index in [9.17, 15) is 20.0 Å². The predicted molar refractivity (Wildman–Crippen MR) is 80.1 cm³/mol. The minimum Gasteiger partial charge on any atom is -0.493 e. The van der Waals surface area contributed by atoms with Crippen molar-refractivity contribution in [2.24, 2.45) is 0 Å². The van der Waals surface area contributed by atoms with Crippen molar-refractivity contribution in [3.05, 3.63) is 53.1 Å². The van der Waals surface area contributed by atoms with Gasteiger partial charge in [-0.2, -0.15) is 5.26 Å². The van der Waals surface area contributed by atoms with Gasteiger partial charge in [0.05, 0.1) is 17.7 Å². The first-order valence-corrected chi connectivity index (χ1v) is 6.61. The molecule has 0 unspecified atom stereocenters. The van der Waals surface area contributed by atoms with Gasteiger partial charge in [-0.3, -0.25) is 4.79 Å². The van der Waals surface area contributed by atoms with Gasteiger partial charge >= 0.3 is 5.97 Å². The van der Waals surface area contributed by atoms with E-state index in [0.717, 1.165) is 0 Å². The molecule has 0 aliphatic rings. The summed E-state index contributed by atoms with van der Waals surface area (Å²) in [6.07, 6.45) is 0.602. The third kappa shape index (κ3) is 2.67. The summed E-state index contributed by atoms with van der Waals surface area (Å²) >= 11 is 0. The first kappa shape index (κ1) is 15.3. The fraction of sp³-hybridized carbons (Fsp3) is 0.118. The average Bonchev–Trinajstić information content (AvgIpc) is 2.54. The second kappa shape index (κ2) is 6.55. The summed E-state index contributed by atoms with van der Waals surface area (Å²) < 4.78 is 5.52. The lowest BCUT2D eigenvalue weighted by Gasteiger charge is -2.14. The Labute approximate surface area is 127 Å². The highest BCUT2D eigenvalue weighted by Gasteiger charge is 2.20. The minimum atomic E-state index is -1.22. The van der Waals surface area contributed by atoms with E-state index in [1.807, 2.05) is 13.0 Å². The normalized spacial score (nSPS) is 9.82. The van der Waals surface area contributed by atoms with Crippen molar-refractivity contribution in [1.82, 2.24) is 0 Å². The van der Waals surface area contributed by atoms with Crippen LogP contribution in [0.5, 0.6) is 5.75 Å². The molecule has 0 radical (unpaired) electrons. The van der Waals surface area contributed by atoms with Crippen LogP contribution in [0.25, 0.3) is 11.1 Å². The molecular weight excluding hydrogens is 282 g/mol. The monoisotopic (exact) mass is 295 g/mol. The van der Waals surface area contributed by atoms with Crippen LogP contribution in [0.15, 0.2) is 36.4 Å². The van der Waals surface area contributed by atoms with Crippen molar-refractivity contribution in [2.75, 3.05) is 6.61 Å². The van der Waals surface area contributed by atoms with Crippen molar-refractivity contribution in [2.45, 2.75) is 6.92 Å². The van der Waals surface area contributed by atoms with Crippen LogP contribution in [0.1, 0.15) is 33.2 Å².